The summed E-state index contributed by atoms with van der Waals surface area (Å²) in [7, 11) is 0. The molecule has 3 nitrogen and oxygen atoms in total. The zero-order valence-corrected chi connectivity index (χ0v) is 12.1. The summed E-state index contributed by atoms with van der Waals surface area (Å²) < 4.78 is 0. The van der Waals surface area contributed by atoms with Crippen molar-refractivity contribution in [2.45, 2.75) is 13.5 Å². The number of anilines is 1. The van der Waals surface area contributed by atoms with Gasteiger partial charge < -0.3 is 10.6 Å². The zero-order chi connectivity index (χ0) is 14.5. The predicted molar refractivity (Wildman–Crippen MR) is 82.7 cm³/mol. The van der Waals surface area contributed by atoms with Crippen molar-refractivity contribution in [3.63, 3.8) is 0 Å². The van der Waals surface area contributed by atoms with E-state index in [0.717, 1.165) is 5.56 Å². The first-order valence-electron chi connectivity index (χ1n) is 6.49. The highest BCUT2D eigenvalue weighted by Crippen LogP contribution is 2.19. The van der Waals surface area contributed by atoms with Crippen molar-refractivity contribution in [2.75, 3.05) is 12.3 Å². The molecule has 0 spiro atoms. The molecule has 104 valence electrons. The first-order valence-corrected chi connectivity index (χ1v) is 6.87. The van der Waals surface area contributed by atoms with E-state index in [0.29, 0.717) is 29.4 Å². The summed E-state index contributed by atoms with van der Waals surface area (Å²) in [6, 6.07) is 14.8. The number of nitrogens with zero attached hydrogens (tertiary/aromatic N) is 1. The van der Waals surface area contributed by atoms with Gasteiger partial charge in [-0.25, -0.2) is 0 Å². The van der Waals surface area contributed by atoms with Crippen molar-refractivity contribution < 1.29 is 4.79 Å². The fourth-order valence-corrected chi connectivity index (χ4v) is 2.29. The van der Waals surface area contributed by atoms with Crippen LogP contribution in [0.1, 0.15) is 22.8 Å². The smallest absolute Gasteiger partial charge is 0.254 e. The third-order valence-electron chi connectivity index (χ3n) is 3.05. The zero-order valence-electron chi connectivity index (χ0n) is 11.3. The van der Waals surface area contributed by atoms with Crippen LogP contribution in [0.15, 0.2) is 48.5 Å². The standard InChI is InChI=1S/C16H17ClN2O/c1-2-19(11-12-6-4-3-5-7-12)16(20)13-8-14(17)10-15(18)9-13/h3-10H,2,11,18H2,1H3. The van der Waals surface area contributed by atoms with Gasteiger partial charge in [0.05, 0.1) is 0 Å². The minimum absolute atomic E-state index is 0.0643. The van der Waals surface area contributed by atoms with E-state index >= 15 is 0 Å². The van der Waals surface area contributed by atoms with E-state index in [1.165, 1.54) is 0 Å². The van der Waals surface area contributed by atoms with Crippen molar-refractivity contribution in [1.82, 2.24) is 4.90 Å². The molecule has 0 aliphatic carbocycles. The summed E-state index contributed by atoms with van der Waals surface area (Å²) in [4.78, 5) is 14.3. The number of hydrogen-bond donors (Lipinski definition) is 1. The fraction of sp³-hybridized carbons (Fsp3) is 0.188. The number of carbonyl (C=O) groups is 1. The molecule has 1 amide bonds. The largest absolute Gasteiger partial charge is 0.399 e. The Balaban J connectivity index is 2.20. The van der Waals surface area contributed by atoms with E-state index in [1.54, 1.807) is 23.1 Å². The Bertz CT molecular complexity index is 578. The molecule has 0 aromatic heterocycles. The highest BCUT2D eigenvalue weighted by Gasteiger charge is 2.15. The Labute approximate surface area is 124 Å². The fourth-order valence-electron chi connectivity index (χ4n) is 2.05. The topological polar surface area (TPSA) is 46.3 Å². The van der Waals surface area contributed by atoms with Crippen LogP contribution < -0.4 is 5.73 Å². The van der Waals surface area contributed by atoms with Gasteiger partial charge in [-0.2, -0.15) is 0 Å². The van der Waals surface area contributed by atoms with Crippen molar-refractivity contribution in [3.8, 4) is 0 Å². The molecule has 4 heteroatoms. The minimum Gasteiger partial charge on any atom is -0.399 e. The molecule has 0 saturated heterocycles. The van der Waals surface area contributed by atoms with Gasteiger partial charge in [0.1, 0.15) is 0 Å². The molecule has 0 aliphatic heterocycles. The van der Waals surface area contributed by atoms with Gasteiger partial charge in [0.15, 0.2) is 0 Å². The van der Waals surface area contributed by atoms with Crippen LogP contribution in [0.5, 0.6) is 0 Å². The summed E-state index contributed by atoms with van der Waals surface area (Å²) in [6.45, 7) is 3.15. The lowest BCUT2D eigenvalue weighted by Crippen LogP contribution is -2.30. The number of benzene rings is 2. The van der Waals surface area contributed by atoms with Gasteiger partial charge in [-0.05, 0) is 30.7 Å². The van der Waals surface area contributed by atoms with Gasteiger partial charge in [0.25, 0.3) is 5.91 Å². The lowest BCUT2D eigenvalue weighted by molar-refractivity contribution is 0.0752. The Kier molecular flexibility index (Phi) is 4.64. The molecule has 0 fully saturated rings. The van der Waals surface area contributed by atoms with E-state index in [2.05, 4.69) is 0 Å². The number of amides is 1. The number of nitrogens with two attached hydrogens (primary N) is 1. The van der Waals surface area contributed by atoms with Crippen LogP contribution in [0.25, 0.3) is 0 Å². The highest BCUT2D eigenvalue weighted by molar-refractivity contribution is 6.31. The van der Waals surface area contributed by atoms with Gasteiger partial charge in [-0.1, -0.05) is 41.9 Å². The molecule has 0 aliphatic rings. The molecule has 0 radical (unpaired) electrons. The Morgan fingerprint density at radius 2 is 1.90 bits per heavy atom. The SMILES string of the molecule is CCN(Cc1ccccc1)C(=O)c1cc(N)cc(Cl)c1. The second kappa shape index (κ2) is 6.44. The first kappa shape index (κ1) is 14.4. The van der Waals surface area contributed by atoms with Crippen molar-refractivity contribution in [3.05, 3.63) is 64.7 Å². The molecule has 2 rings (SSSR count). The van der Waals surface area contributed by atoms with Crippen LogP contribution in [-0.2, 0) is 6.54 Å². The number of carbonyl (C=O) groups excluding carboxylic acids is 1. The van der Waals surface area contributed by atoms with Crippen LogP contribution in [0.4, 0.5) is 5.69 Å². The van der Waals surface area contributed by atoms with Gasteiger partial charge in [-0.3, -0.25) is 4.79 Å². The number of hydrogen-bond acceptors (Lipinski definition) is 2. The number of nitrogen functional groups attached to an aromatic ring is 1. The van der Waals surface area contributed by atoms with Crippen molar-refractivity contribution >= 4 is 23.2 Å². The minimum atomic E-state index is -0.0643. The molecule has 0 heterocycles. The van der Waals surface area contributed by atoms with Crippen LogP contribution in [0.3, 0.4) is 0 Å². The second-order valence-corrected chi connectivity index (χ2v) is 5.01. The summed E-state index contributed by atoms with van der Waals surface area (Å²) in [5.41, 5.74) is 7.85. The lowest BCUT2D eigenvalue weighted by Gasteiger charge is -2.21. The van der Waals surface area contributed by atoms with Gasteiger partial charge in [-0.15, -0.1) is 0 Å². The maximum Gasteiger partial charge on any atom is 0.254 e. The average molecular weight is 289 g/mol. The van der Waals surface area contributed by atoms with Crippen LogP contribution in [0, 0.1) is 0 Å². The van der Waals surface area contributed by atoms with Gasteiger partial charge in [0.2, 0.25) is 0 Å². The second-order valence-electron chi connectivity index (χ2n) is 4.58. The molecular weight excluding hydrogens is 272 g/mol. The average Bonchev–Trinajstić information content (AvgIpc) is 2.44. The predicted octanol–water partition coefficient (Wildman–Crippen LogP) is 3.58. The van der Waals surface area contributed by atoms with E-state index in [1.807, 2.05) is 37.3 Å². The van der Waals surface area contributed by atoms with E-state index < -0.39 is 0 Å². The molecular formula is C16H17ClN2O. The molecule has 0 atom stereocenters. The highest BCUT2D eigenvalue weighted by atomic mass is 35.5. The van der Waals surface area contributed by atoms with Gasteiger partial charge in [0, 0.05) is 29.4 Å². The normalized spacial score (nSPS) is 10.3. The molecule has 20 heavy (non-hydrogen) atoms. The van der Waals surface area contributed by atoms with E-state index in [4.69, 9.17) is 17.3 Å². The Hall–Kier alpha value is -2.00. The Morgan fingerprint density at radius 1 is 1.20 bits per heavy atom. The van der Waals surface area contributed by atoms with E-state index in [9.17, 15) is 4.79 Å². The summed E-state index contributed by atoms with van der Waals surface area (Å²) in [5, 5.41) is 0.476. The monoisotopic (exact) mass is 288 g/mol. The lowest BCUT2D eigenvalue weighted by atomic mass is 10.1. The molecule has 0 unspecified atom stereocenters. The molecule has 0 saturated carbocycles. The quantitative estimate of drug-likeness (QED) is 0.874. The van der Waals surface area contributed by atoms with Crippen molar-refractivity contribution in [2.24, 2.45) is 0 Å². The third kappa shape index (κ3) is 3.52. The number of halogens is 1. The molecule has 2 N–H and O–H groups in total. The molecule has 2 aromatic carbocycles. The van der Waals surface area contributed by atoms with Crippen molar-refractivity contribution in [1.29, 1.82) is 0 Å². The Morgan fingerprint density at radius 3 is 2.50 bits per heavy atom. The maximum atomic E-state index is 12.5. The third-order valence-corrected chi connectivity index (χ3v) is 3.27. The first-order chi connectivity index (χ1) is 9.60. The van der Waals surface area contributed by atoms with Gasteiger partial charge >= 0.3 is 0 Å². The summed E-state index contributed by atoms with van der Waals surface area (Å²) in [6.07, 6.45) is 0. The number of rotatable bonds is 4. The summed E-state index contributed by atoms with van der Waals surface area (Å²) in [5.74, 6) is -0.0643. The van der Waals surface area contributed by atoms with E-state index in [-0.39, 0.29) is 5.91 Å². The van der Waals surface area contributed by atoms with Crippen LogP contribution >= 0.6 is 11.6 Å². The molecule has 0 bridgehead atoms. The summed E-state index contributed by atoms with van der Waals surface area (Å²) >= 11 is 5.95. The molecule has 2 aromatic rings. The van der Waals surface area contributed by atoms with Crippen LogP contribution in [0.2, 0.25) is 5.02 Å². The van der Waals surface area contributed by atoms with Crippen LogP contribution in [-0.4, -0.2) is 17.4 Å². The maximum absolute atomic E-state index is 12.5.